The normalized spacial score (nSPS) is 14.4. The number of anilines is 1. The van der Waals surface area contributed by atoms with E-state index < -0.39 is 10.0 Å². The number of nitrogens with one attached hydrogen (secondary N) is 2. The van der Waals surface area contributed by atoms with Crippen molar-refractivity contribution >= 4 is 48.5 Å². The quantitative estimate of drug-likeness (QED) is 0.530. The molecule has 9 heteroatoms. The van der Waals surface area contributed by atoms with Gasteiger partial charge in [0.05, 0.1) is 15.1 Å². The second kappa shape index (κ2) is 10.6. The molecule has 27 heavy (non-hydrogen) atoms. The number of thiazole rings is 1. The van der Waals surface area contributed by atoms with Gasteiger partial charge in [-0.05, 0) is 43.7 Å². The number of aromatic nitrogens is 1. The highest BCUT2D eigenvalue weighted by Crippen LogP contribution is 2.28. The van der Waals surface area contributed by atoms with Crippen LogP contribution in [0.2, 0.25) is 0 Å². The molecule has 0 spiro atoms. The molecule has 0 saturated heterocycles. The number of thioether (sulfide) groups is 1. The van der Waals surface area contributed by atoms with Crippen molar-refractivity contribution in [1.82, 2.24) is 9.71 Å². The average molecular weight is 432 g/mol. The van der Waals surface area contributed by atoms with E-state index in [1.54, 1.807) is 25.3 Å². The van der Waals surface area contributed by atoms with Crippen molar-refractivity contribution in [1.29, 1.82) is 0 Å². The summed E-state index contributed by atoms with van der Waals surface area (Å²) in [7, 11) is -1.95. The SMILES string of the molecule is CCC(CCOC)NS(=O)(=O)c1ccc2nc(NCCC(C)SC)sc2c1. The fourth-order valence-corrected chi connectivity index (χ4v) is 5.28. The minimum atomic E-state index is -3.57. The molecule has 0 aliphatic carbocycles. The second-order valence-electron chi connectivity index (χ2n) is 6.42. The molecule has 1 aromatic heterocycles. The number of nitrogens with zero attached hydrogens (tertiary/aromatic N) is 1. The zero-order chi connectivity index (χ0) is 19.9. The summed E-state index contributed by atoms with van der Waals surface area (Å²) < 4.78 is 34.1. The predicted octanol–water partition coefficient (Wildman–Crippen LogP) is 3.94. The van der Waals surface area contributed by atoms with Crippen molar-refractivity contribution in [3.8, 4) is 0 Å². The van der Waals surface area contributed by atoms with Gasteiger partial charge in [-0.2, -0.15) is 11.8 Å². The van der Waals surface area contributed by atoms with Crippen molar-refractivity contribution in [2.45, 2.75) is 49.3 Å². The molecule has 2 N–H and O–H groups in total. The lowest BCUT2D eigenvalue weighted by Gasteiger charge is -2.16. The molecule has 1 heterocycles. The molecule has 2 rings (SSSR count). The Balaban J connectivity index is 2.10. The monoisotopic (exact) mass is 431 g/mol. The third-order valence-electron chi connectivity index (χ3n) is 4.38. The lowest BCUT2D eigenvalue weighted by Crippen LogP contribution is -2.35. The zero-order valence-electron chi connectivity index (χ0n) is 16.3. The van der Waals surface area contributed by atoms with Crippen molar-refractivity contribution in [2.24, 2.45) is 0 Å². The minimum absolute atomic E-state index is 0.136. The molecule has 1 aromatic carbocycles. The third kappa shape index (κ3) is 6.60. The lowest BCUT2D eigenvalue weighted by molar-refractivity contribution is 0.185. The molecule has 0 aliphatic rings. The van der Waals surface area contributed by atoms with Gasteiger partial charge in [-0.1, -0.05) is 25.2 Å². The van der Waals surface area contributed by atoms with E-state index in [-0.39, 0.29) is 10.9 Å². The Morgan fingerprint density at radius 2 is 2.11 bits per heavy atom. The molecule has 0 fully saturated rings. The Kier molecular flexibility index (Phi) is 8.81. The van der Waals surface area contributed by atoms with Crippen LogP contribution in [0.3, 0.4) is 0 Å². The van der Waals surface area contributed by atoms with E-state index >= 15 is 0 Å². The third-order valence-corrected chi connectivity index (χ3v) is 7.92. The molecule has 152 valence electrons. The maximum absolute atomic E-state index is 12.7. The van der Waals surface area contributed by atoms with Gasteiger partial charge in [0.15, 0.2) is 5.13 Å². The van der Waals surface area contributed by atoms with E-state index in [2.05, 4.69) is 28.2 Å². The first-order valence-electron chi connectivity index (χ1n) is 9.08. The Labute approximate surface area is 170 Å². The summed E-state index contributed by atoms with van der Waals surface area (Å²) in [6.45, 7) is 5.54. The summed E-state index contributed by atoms with van der Waals surface area (Å²) in [5.41, 5.74) is 0.811. The number of hydrogen-bond donors (Lipinski definition) is 2. The number of fused-ring (bicyclic) bond motifs is 1. The first-order valence-corrected chi connectivity index (χ1v) is 12.7. The largest absolute Gasteiger partial charge is 0.385 e. The summed E-state index contributed by atoms with van der Waals surface area (Å²) >= 11 is 3.33. The van der Waals surface area contributed by atoms with Crippen LogP contribution in [0.25, 0.3) is 10.2 Å². The summed E-state index contributed by atoms with van der Waals surface area (Å²) in [6, 6.07) is 4.95. The molecular weight excluding hydrogens is 402 g/mol. The molecule has 2 unspecified atom stereocenters. The van der Waals surface area contributed by atoms with Crippen LogP contribution in [0.1, 0.15) is 33.1 Å². The Morgan fingerprint density at radius 1 is 1.33 bits per heavy atom. The van der Waals surface area contributed by atoms with Crippen LogP contribution in [-0.4, -0.2) is 51.2 Å². The van der Waals surface area contributed by atoms with Crippen molar-refractivity contribution < 1.29 is 13.2 Å². The zero-order valence-corrected chi connectivity index (χ0v) is 18.8. The van der Waals surface area contributed by atoms with Crippen LogP contribution in [0.4, 0.5) is 5.13 Å². The molecule has 0 amide bonds. The highest BCUT2D eigenvalue weighted by Gasteiger charge is 2.20. The molecule has 2 aromatic rings. The van der Waals surface area contributed by atoms with Crippen LogP contribution in [0, 0.1) is 0 Å². The van der Waals surface area contributed by atoms with Gasteiger partial charge in [0.1, 0.15) is 0 Å². The fourth-order valence-electron chi connectivity index (χ4n) is 2.54. The van der Waals surface area contributed by atoms with Gasteiger partial charge in [0.25, 0.3) is 0 Å². The summed E-state index contributed by atoms with van der Waals surface area (Å²) in [4.78, 5) is 4.82. The molecule has 0 saturated carbocycles. The van der Waals surface area contributed by atoms with Crippen molar-refractivity contribution in [3.63, 3.8) is 0 Å². The first kappa shape index (κ1) is 22.4. The Hall–Kier alpha value is -0.870. The molecular formula is C18H29N3O3S3. The average Bonchev–Trinajstić information content (AvgIpc) is 3.06. The Morgan fingerprint density at radius 3 is 2.78 bits per heavy atom. The van der Waals surface area contributed by atoms with Gasteiger partial charge in [-0.3, -0.25) is 0 Å². The van der Waals surface area contributed by atoms with Gasteiger partial charge in [-0.15, -0.1) is 0 Å². The summed E-state index contributed by atoms with van der Waals surface area (Å²) in [5, 5.41) is 4.76. The maximum Gasteiger partial charge on any atom is 0.240 e. The number of methoxy groups -OCH3 is 1. The van der Waals surface area contributed by atoms with E-state index in [0.717, 1.165) is 28.3 Å². The van der Waals surface area contributed by atoms with Gasteiger partial charge in [0.2, 0.25) is 10.0 Å². The first-order chi connectivity index (χ1) is 12.9. The van der Waals surface area contributed by atoms with E-state index in [9.17, 15) is 8.42 Å². The fraction of sp³-hybridized carbons (Fsp3) is 0.611. The van der Waals surface area contributed by atoms with Crippen LogP contribution in [0.5, 0.6) is 0 Å². The number of rotatable bonds is 12. The molecule has 0 bridgehead atoms. The predicted molar refractivity (Wildman–Crippen MR) is 117 cm³/mol. The van der Waals surface area contributed by atoms with E-state index in [1.807, 2.05) is 18.7 Å². The number of sulfonamides is 1. The van der Waals surface area contributed by atoms with Crippen LogP contribution in [-0.2, 0) is 14.8 Å². The summed E-state index contributed by atoms with van der Waals surface area (Å²) in [6.07, 6.45) is 4.53. The minimum Gasteiger partial charge on any atom is -0.385 e. The maximum atomic E-state index is 12.7. The number of hydrogen-bond acceptors (Lipinski definition) is 7. The van der Waals surface area contributed by atoms with Gasteiger partial charge >= 0.3 is 0 Å². The van der Waals surface area contributed by atoms with E-state index in [4.69, 9.17) is 4.74 Å². The number of benzene rings is 1. The topological polar surface area (TPSA) is 80.3 Å². The van der Waals surface area contributed by atoms with Crippen LogP contribution < -0.4 is 10.0 Å². The smallest absolute Gasteiger partial charge is 0.240 e. The summed E-state index contributed by atoms with van der Waals surface area (Å²) in [5.74, 6) is 0. The van der Waals surface area contributed by atoms with Gasteiger partial charge in [0, 0.05) is 31.6 Å². The molecule has 0 radical (unpaired) electrons. The van der Waals surface area contributed by atoms with Crippen LogP contribution >= 0.6 is 23.1 Å². The van der Waals surface area contributed by atoms with Crippen LogP contribution in [0.15, 0.2) is 23.1 Å². The Bertz CT molecular complexity index is 824. The van der Waals surface area contributed by atoms with E-state index in [1.165, 1.54) is 11.3 Å². The second-order valence-corrected chi connectivity index (χ2v) is 10.4. The number of ether oxygens (including phenoxy) is 1. The molecule has 0 aliphatic heterocycles. The highest BCUT2D eigenvalue weighted by atomic mass is 32.2. The van der Waals surface area contributed by atoms with Crippen molar-refractivity contribution in [3.05, 3.63) is 18.2 Å². The lowest BCUT2D eigenvalue weighted by atomic mass is 10.2. The molecule has 6 nitrogen and oxygen atoms in total. The highest BCUT2D eigenvalue weighted by molar-refractivity contribution is 7.99. The molecule has 2 atom stereocenters. The van der Waals surface area contributed by atoms with Gasteiger partial charge < -0.3 is 10.1 Å². The van der Waals surface area contributed by atoms with Crippen molar-refractivity contribution in [2.75, 3.05) is 31.8 Å². The van der Waals surface area contributed by atoms with Gasteiger partial charge in [-0.25, -0.2) is 18.1 Å². The van der Waals surface area contributed by atoms with E-state index in [0.29, 0.717) is 24.7 Å². The standard InChI is InChI=1S/C18H29N3O3S3/c1-5-14(9-11-24-3)21-27(22,23)15-6-7-16-17(12-15)26-18(20-16)19-10-8-13(2)25-4/h6-7,12-14,21H,5,8-11H2,1-4H3,(H,19,20).